The minimum absolute atomic E-state index is 0. The molecule has 0 aliphatic rings. The molecule has 4 N–H and O–H groups in total. The summed E-state index contributed by atoms with van der Waals surface area (Å²) in [7, 11) is 0. The fourth-order valence-corrected chi connectivity index (χ4v) is 1.95. The Balaban J connectivity index is 0.00000529. The van der Waals surface area contributed by atoms with Gasteiger partial charge in [-0.1, -0.05) is 34.6 Å². The number of benzene rings is 1. The van der Waals surface area contributed by atoms with Crippen LogP contribution in [-0.2, 0) is 4.79 Å². The van der Waals surface area contributed by atoms with E-state index in [1.165, 1.54) is 0 Å². The number of hydrogen-bond donors (Lipinski definition) is 3. The van der Waals surface area contributed by atoms with E-state index in [-0.39, 0.29) is 29.6 Å². The second-order valence-corrected chi connectivity index (χ2v) is 7.47. The third-order valence-corrected chi connectivity index (χ3v) is 3.63. The number of carbonyl (C=O) groups is 2. The van der Waals surface area contributed by atoms with Gasteiger partial charge in [-0.3, -0.25) is 9.59 Å². The van der Waals surface area contributed by atoms with Gasteiger partial charge >= 0.3 is 0 Å². The summed E-state index contributed by atoms with van der Waals surface area (Å²) in [5.41, 5.74) is 7.74. The Kier molecular flexibility index (Phi) is 8.44. The van der Waals surface area contributed by atoms with Gasteiger partial charge in [0.05, 0.1) is 6.04 Å². The van der Waals surface area contributed by atoms with Crippen molar-refractivity contribution in [2.24, 2.45) is 17.1 Å². The van der Waals surface area contributed by atoms with Crippen molar-refractivity contribution < 1.29 is 9.59 Å². The van der Waals surface area contributed by atoms with E-state index in [0.29, 0.717) is 23.7 Å². The van der Waals surface area contributed by atoms with Crippen molar-refractivity contribution >= 4 is 29.9 Å². The van der Waals surface area contributed by atoms with Crippen LogP contribution in [0.3, 0.4) is 0 Å². The van der Waals surface area contributed by atoms with E-state index >= 15 is 0 Å². The molecule has 0 fully saturated rings. The zero-order valence-corrected chi connectivity index (χ0v) is 16.2. The standard InChI is InChI=1S/C18H29N3O2.ClH/c1-11(2)10-20-16(22)13-7-8-14(12(3)9-13)21-17(23)15(19)18(4,5)6;/h7-9,11,15H,10,19H2,1-6H3,(H,20,22)(H,21,23);1H/t15-;/m1./s1. The van der Waals surface area contributed by atoms with Crippen molar-refractivity contribution in [1.82, 2.24) is 5.32 Å². The highest BCUT2D eigenvalue weighted by Gasteiger charge is 2.27. The van der Waals surface area contributed by atoms with Crippen molar-refractivity contribution in [2.45, 2.75) is 47.6 Å². The summed E-state index contributed by atoms with van der Waals surface area (Å²) in [4.78, 5) is 24.2. The molecular formula is C18H30ClN3O2. The molecule has 5 nitrogen and oxygen atoms in total. The fraction of sp³-hybridized carbons (Fsp3) is 0.556. The molecule has 1 aromatic carbocycles. The zero-order chi connectivity index (χ0) is 17.8. The lowest BCUT2D eigenvalue weighted by molar-refractivity contribution is -0.119. The number of halogens is 1. The van der Waals surface area contributed by atoms with E-state index in [4.69, 9.17) is 5.73 Å². The Morgan fingerprint density at radius 2 is 1.79 bits per heavy atom. The largest absolute Gasteiger partial charge is 0.352 e. The number of aryl methyl sites for hydroxylation is 1. The SMILES string of the molecule is Cc1cc(C(=O)NCC(C)C)ccc1NC(=O)[C@@H](N)C(C)(C)C.Cl. The summed E-state index contributed by atoms with van der Waals surface area (Å²) in [5, 5.41) is 5.71. The second-order valence-electron chi connectivity index (χ2n) is 7.47. The third kappa shape index (κ3) is 6.49. The molecule has 0 heterocycles. The van der Waals surface area contributed by atoms with Gasteiger partial charge in [0, 0.05) is 17.8 Å². The molecule has 0 unspecified atom stereocenters. The number of amides is 2. The van der Waals surface area contributed by atoms with Gasteiger partial charge in [-0.15, -0.1) is 12.4 Å². The smallest absolute Gasteiger partial charge is 0.251 e. The number of hydrogen-bond acceptors (Lipinski definition) is 3. The maximum atomic E-state index is 12.2. The van der Waals surface area contributed by atoms with Crippen molar-refractivity contribution in [1.29, 1.82) is 0 Å². The lowest BCUT2D eigenvalue weighted by Gasteiger charge is -2.26. The molecule has 1 atom stereocenters. The van der Waals surface area contributed by atoms with Crippen LogP contribution in [0.2, 0.25) is 0 Å². The van der Waals surface area contributed by atoms with Crippen LogP contribution in [-0.4, -0.2) is 24.4 Å². The van der Waals surface area contributed by atoms with E-state index in [1.807, 2.05) is 41.5 Å². The lowest BCUT2D eigenvalue weighted by Crippen LogP contribution is -2.45. The van der Waals surface area contributed by atoms with Crippen LogP contribution in [0.15, 0.2) is 18.2 Å². The van der Waals surface area contributed by atoms with Crippen LogP contribution in [0.5, 0.6) is 0 Å². The van der Waals surface area contributed by atoms with Crippen molar-refractivity contribution in [3.63, 3.8) is 0 Å². The molecule has 1 rings (SSSR count). The molecule has 0 aliphatic heterocycles. The Bertz CT molecular complexity index is 580. The van der Waals surface area contributed by atoms with Gasteiger partial charge in [0.1, 0.15) is 0 Å². The minimum atomic E-state index is -0.601. The van der Waals surface area contributed by atoms with Gasteiger partial charge in [-0.25, -0.2) is 0 Å². The summed E-state index contributed by atoms with van der Waals surface area (Å²) in [6.45, 7) is 12.4. The monoisotopic (exact) mass is 355 g/mol. The molecule has 0 aliphatic carbocycles. The number of nitrogens with two attached hydrogens (primary N) is 1. The van der Waals surface area contributed by atoms with Gasteiger partial charge in [0.15, 0.2) is 0 Å². The van der Waals surface area contributed by atoms with Crippen LogP contribution in [0.25, 0.3) is 0 Å². The Labute approximate surface area is 151 Å². The highest BCUT2D eigenvalue weighted by atomic mass is 35.5. The molecule has 2 amide bonds. The molecule has 0 aromatic heterocycles. The third-order valence-electron chi connectivity index (χ3n) is 3.63. The van der Waals surface area contributed by atoms with Crippen molar-refractivity contribution in [2.75, 3.05) is 11.9 Å². The summed E-state index contributed by atoms with van der Waals surface area (Å²) in [5.74, 6) is 0.0705. The number of rotatable bonds is 5. The highest BCUT2D eigenvalue weighted by molar-refractivity contribution is 5.98. The molecular weight excluding hydrogens is 326 g/mol. The lowest BCUT2D eigenvalue weighted by atomic mass is 9.87. The molecule has 0 radical (unpaired) electrons. The molecule has 136 valence electrons. The minimum Gasteiger partial charge on any atom is -0.352 e. The first-order valence-corrected chi connectivity index (χ1v) is 7.97. The quantitative estimate of drug-likeness (QED) is 0.758. The average Bonchev–Trinajstić information content (AvgIpc) is 2.44. The second kappa shape index (κ2) is 9.04. The number of nitrogens with one attached hydrogen (secondary N) is 2. The highest BCUT2D eigenvalue weighted by Crippen LogP contribution is 2.21. The maximum Gasteiger partial charge on any atom is 0.251 e. The van der Waals surface area contributed by atoms with Gasteiger partial charge < -0.3 is 16.4 Å². The zero-order valence-electron chi connectivity index (χ0n) is 15.4. The van der Waals surface area contributed by atoms with E-state index in [1.54, 1.807) is 18.2 Å². The first-order chi connectivity index (χ1) is 10.5. The van der Waals surface area contributed by atoms with Crippen LogP contribution in [0.1, 0.15) is 50.5 Å². The first kappa shape index (κ1) is 22.4. The van der Waals surface area contributed by atoms with Crippen molar-refractivity contribution in [3.05, 3.63) is 29.3 Å². The van der Waals surface area contributed by atoms with Crippen LogP contribution in [0, 0.1) is 18.3 Å². The summed E-state index contributed by atoms with van der Waals surface area (Å²) < 4.78 is 0. The van der Waals surface area contributed by atoms with Gasteiger partial charge in [0.2, 0.25) is 5.91 Å². The molecule has 0 saturated heterocycles. The van der Waals surface area contributed by atoms with Crippen LogP contribution in [0.4, 0.5) is 5.69 Å². The molecule has 6 heteroatoms. The van der Waals surface area contributed by atoms with Crippen LogP contribution < -0.4 is 16.4 Å². The Morgan fingerprint density at radius 1 is 1.21 bits per heavy atom. The first-order valence-electron chi connectivity index (χ1n) is 7.97. The van der Waals surface area contributed by atoms with Gasteiger partial charge in [0.25, 0.3) is 5.91 Å². The summed E-state index contributed by atoms with van der Waals surface area (Å²) >= 11 is 0. The fourth-order valence-electron chi connectivity index (χ4n) is 1.95. The van der Waals surface area contributed by atoms with Crippen LogP contribution >= 0.6 is 12.4 Å². The van der Waals surface area contributed by atoms with E-state index in [0.717, 1.165) is 5.56 Å². The Morgan fingerprint density at radius 3 is 2.25 bits per heavy atom. The predicted octanol–water partition coefficient (Wildman–Crippen LogP) is 3.11. The molecule has 1 aromatic rings. The molecule has 0 bridgehead atoms. The average molecular weight is 356 g/mol. The normalized spacial score (nSPS) is 12.3. The number of carbonyl (C=O) groups excluding carboxylic acids is 2. The number of anilines is 1. The summed E-state index contributed by atoms with van der Waals surface area (Å²) in [6, 6.07) is 4.62. The van der Waals surface area contributed by atoms with E-state index < -0.39 is 6.04 Å². The Hall–Kier alpha value is -1.59. The molecule has 0 spiro atoms. The topological polar surface area (TPSA) is 84.2 Å². The maximum absolute atomic E-state index is 12.2. The molecule has 24 heavy (non-hydrogen) atoms. The van der Waals surface area contributed by atoms with E-state index in [9.17, 15) is 9.59 Å². The summed E-state index contributed by atoms with van der Waals surface area (Å²) in [6.07, 6.45) is 0. The predicted molar refractivity (Wildman–Crippen MR) is 102 cm³/mol. The van der Waals surface area contributed by atoms with Crippen molar-refractivity contribution in [3.8, 4) is 0 Å². The molecule has 0 saturated carbocycles. The van der Waals surface area contributed by atoms with Gasteiger partial charge in [-0.2, -0.15) is 0 Å². The van der Waals surface area contributed by atoms with Gasteiger partial charge in [-0.05, 0) is 42.0 Å². The van der Waals surface area contributed by atoms with E-state index in [2.05, 4.69) is 10.6 Å².